The van der Waals surface area contributed by atoms with Crippen LogP contribution in [0.4, 0.5) is 0 Å². The first-order valence-electron chi connectivity index (χ1n) is 6.68. The lowest BCUT2D eigenvalue weighted by Gasteiger charge is -2.25. The van der Waals surface area contributed by atoms with Gasteiger partial charge in [-0.05, 0) is 33.2 Å². The minimum absolute atomic E-state index is 0.356. The van der Waals surface area contributed by atoms with Gasteiger partial charge in [-0.25, -0.2) is 0 Å². The quantitative estimate of drug-likeness (QED) is 0.720. The molecule has 1 unspecified atom stereocenters. The second-order valence-electron chi connectivity index (χ2n) is 5.31. The molecule has 0 aliphatic carbocycles. The standard InChI is InChI=1S/C13H28N2O/c1-11(2)14-10-13-6-5-7-15(13)8-9-16-12(3)4/h11-14H,5-10H2,1-4H3. The molecular weight excluding hydrogens is 200 g/mol. The molecule has 0 bridgehead atoms. The highest BCUT2D eigenvalue weighted by Crippen LogP contribution is 2.16. The van der Waals surface area contributed by atoms with Gasteiger partial charge in [0.1, 0.15) is 0 Å². The molecule has 1 rings (SSSR count). The number of rotatable bonds is 7. The van der Waals surface area contributed by atoms with E-state index >= 15 is 0 Å². The van der Waals surface area contributed by atoms with Crippen LogP contribution < -0.4 is 5.32 Å². The third-order valence-electron chi connectivity index (χ3n) is 3.09. The molecule has 1 atom stereocenters. The molecule has 1 fully saturated rings. The summed E-state index contributed by atoms with van der Waals surface area (Å²) in [4.78, 5) is 2.57. The van der Waals surface area contributed by atoms with Crippen molar-refractivity contribution < 1.29 is 4.74 Å². The normalized spacial score (nSPS) is 22.5. The highest BCUT2D eigenvalue weighted by atomic mass is 16.5. The van der Waals surface area contributed by atoms with Crippen molar-refractivity contribution >= 4 is 0 Å². The van der Waals surface area contributed by atoms with E-state index in [0.29, 0.717) is 12.1 Å². The fourth-order valence-corrected chi connectivity index (χ4v) is 2.20. The number of likely N-dealkylation sites (tertiary alicyclic amines) is 1. The third kappa shape index (κ3) is 5.28. The summed E-state index contributed by atoms with van der Waals surface area (Å²) >= 11 is 0. The van der Waals surface area contributed by atoms with Gasteiger partial charge in [0.25, 0.3) is 0 Å². The SMILES string of the molecule is CC(C)NCC1CCCN1CCOC(C)C. The number of hydrogen-bond acceptors (Lipinski definition) is 3. The smallest absolute Gasteiger partial charge is 0.0597 e. The Balaban J connectivity index is 2.18. The molecule has 0 aromatic rings. The van der Waals surface area contributed by atoms with E-state index in [1.54, 1.807) is 0 Å². The van der Waals surface area contributed by atoms with Gasteiger partial charge in [-0.3, -0.25) is 4.90 Å². The van der Waals surface area contributed by atoms with Crippen LogP contribution in [0.25, 0.3) is 0 Å². The van der Waals surface area contributed by atoms with Gasteiger partial charge < -0.3 is 10.1 Å². The summed E-state index contributed by atoms with van der Waals surface area (Å²) in [6.45, 7) is 12.9. The fourth-order valence-electron chi connectivity index (χ4n) is 2.20. The molecule has 0 saturated carbocycles. The lowest BCUT2D eigenvalue weighted by Crippen LogP contribution is -2.41. The third-order valence-corrected chi connectivity index (χ3v) is 3.09. The van der Waals surface area contributed by atoms with E-state index in [1.165, 1.54) is 19.4 Å². The minimum Gasteiger partial charge on any atom is -0.377 e. The lowest BCUT2D eigenvalue weighted by molar-refractivity contribution is 0.0562. The van der Waals surface area contributed by atoms with Crippen molar-refractivity contribution in [3.63, 3.8) is 0 Å². The second kappa shape index (κ2) is 7.25. The van der Waals surface area contributed by atoms with Crippen molar-refractivity contribution in [1.29, 1.82) is 0 Å². The van der Waals surface area contributed by atoms with Crippen molar-refractivity contribution in [3.8, 4) is 0 Å². The summed E-state index contributed by atoms with van der Waals surface area (Å²) in [6, 6.07) is 1.31. The van der Waals surface area contributed by atoms with E-state index in [2.05, 4.69) is 37.9 Å². The molecule has 0 spiro atoms. The molecule has 0 aromatic carbocycles. The second-order valence-corrected chi connectivity index (χ2v) is 5.31. The molecule has 3 heteroatoms. The largest absolute Gasteiger partial charge is 0.377 e. The van der Waals surface area contributed by atoms with Crippen LogP contribution in [0.15, 0.2) is 0 Å². The Labute approximate surface area is 101 Å². The van der Waals surface area contributed by atoms with Crippen molar-refractivity contribution in [2.24, 2.45) is 0 Å². The van der Waals surface area contributed by atoms with Crippen LogP contribution in [0.5, 0.6) is 0 Å². The average Bonchev–Trinajstić information content (AvgIpc) is 2.62. The topological polar surface area (TPSA) is 24.5 Å². The van der Waals surface area contributed by atoms with Gasteiger partial charge in [0.05, 0.1) is 12.7 Å². The van der Waals surface area contributed by atoms with E-state index in [4.69, 9.17) is 4.74 Å². The van der Waals surface area contributed by atoms with Crippen molar-refractivity contribution in [2.45, 2.75) is 58.7 Å². The van der Waals surface area contributed by atoms with Gasteiger partial charge in [-0.2, -0.15) is 0 Å². The van der Waals surface area contributed by atoms with Crippen LogP contribution >= 0.6 is 0 Å². The Morgan fingerprint density at radius 1 is 1.31 bits per heavy atom. The summed E-state index contributed by atoms with van der Waals surface area (Å²) in [6.07, 6.45) is 3.03. The van der Waals surface area contributed by atoms with Crippen LogP contribution in [0.1, 0.15) is 40.5 Å². The highest BCUT2D eigenvalue weighted by Gasteiger charge is 2.23. The minimum atomic E-state index is 0.356. The maximum absolute atomic E-state index is 5.62. The Hall–Kier alpha value is -0.120. The zero-order chi connectivity index (χ0) is 12.0. The number of nitrogens with one attached hydrogen (secondary N) is 1. The molecule has 0 radical (unpaired) electrons. The zero-order valence-corrected chi connectivity index (χ0v) is 11.3. The molecule has 96 valence electrons. The van der Waals surface area contributed by atoms with Crippen LogP contribution in [-0.4, -0.2) is 49.3 Å². The molecule has 3 nitrogen and oxygen atoms in total. The predicted octanol–water partition coefficient (Wildman–Crippen LogP) is 1.87. The van der Waals surface area contributed by atoms with Gasteiger partial charge in [0.2, 0.25) is 0 Å². The molecule has 1 aliphatic heterocycles. The van der Waals surface area contributed by atoms with E-state index in [9.17, 15) is 0 Å². The summed E-state index contributed by atoms with van der Waals surface area (Å²) < 4.78 is 5.62. The molecule has 1 N–H and O–H groups in total. The molecule has 1 aliphatic rings. The summed E-state index contributed by atoms with van der Waals surface area (Å²) in [5, 5.41) is 3.53. The van der Waals surface area contributed by atoms with Crippen molar-refractivity contribution in [3.05, 3.63) is 0 Å². The van der Waals surface area contributed by atoms with Crippen molar-refractivity contribution in [2.75, 3.05) is 26.2 Å². The number of ether oxygens (including phenoxy) is 1. The van der Waals surface area contributed by atoms with E-state index in [1.807, 2.05) is 0 Å². The molecule has 1 heterocycles. The van der Waals surface area contributed by atoms with E-state index < -0.39 is 0 Å². The summed E-state index contributed by atoms with van der Waals surface area (Å²) in [5.41, 5.74) is 0. The first-order valence-corrected chi connectivity index (χ1v) is 6.68. The van der Waals surface area contributed by atoms with Gasteiger partial charge >= 0.3 is 0 Å². The molecule has 1 saturated heterocycles. The Morgan fingerprint density at radius 3 is 2.69 bits per heavy atom. The number of hydrogen-bond donors (Lipinski definition) is 1. The van der Waals surface area contributed by atoms with Gasteiger partial charge in [0.15, 0.2) is 0 Å². The Morgan fingerprint density at radius 2 is 2.06 bits per heavy atom. The molecule has 16 heavy (non-hydrogen) atoms. The lowest BCUT2D eigenvalue weighted by atomic mass is 10.2. The van der Waals surface area contributed by atoms with Crippen LogP contribution in [-0.2, 0) is 4.74 Å². The average molecular weight is 228 g/mol. The molecular formula is C13H28N2O. The zero-order valence-electron chi connectivity index (χ0n) is 11.3. The van der Waals surface area contributed by atoms with Gasteiger partial charge in [-0.1, -0.05) is 13.8 Å². The van der Waals surface area contributed by atoms with Crippen molar-refractivity contribution in [1.82, 2.24) is 10.2 Å². The predicted molar refractivity (Wildman–Crippen MR) is 68.8 cm³/mol. The molecule has 0 aromatic heterocycles. The van der Waals surface area contributed by atoms with Crippen LogP contribution in [0.2, 0.25) is 0 Å². The summed E-state index contributed by atoms with van der Waals surface area (Å²) in [7, 11) is 0. The van der Waals surface area contributed by atoms with E-state index in [-0.39, 0.29) is 0 Å². The summed E-state index contributed by atoms with van der Waals surface area (Å²) in [5.74, 6) is 0. The first-order chi connectivity index (χ1) is 7.59. The molecule has 0 amide bonds. The van der Waals surface area contributed by atoms with Crippen LogP contribution in [0, 0.1) is 0 Å². The van der Waals surface area contributed by atoms with Crippen LogP contribution in [0.3, 0.4) is 0 Å². The maximum atomic E-state index is 5.62. The van der Waals surface area contributed by atoms with Gasteiger partial charge in [-0.15, -0.1) is 0 Å². The maximum Gasteiger partial charge on any atom is 0.0597 e. The Bertz CT molecular complexity index is 183. The van der Waals surface area contributed by atoms with Gasteiger partial charge in [0, 0.05) is 25.2 Å². The fraction of sp³-hybridized carbons (Fsp3) is 1.00. The highest BCUT2D eigenvalue weighted by molar-refractivity contribution is 4.81. The number of nitrogens with zero attached hydrogens (tertiary/aromatic N) is 1. The Kier molecular flexibility index (Phi) is 6.32. The first kappa shape index (κ1) is 13.9. The van der Waals surface area contributed by atoms with E-state index in [0.717, 1.165) is 25.7 Å². The monoisotopic (exact) mass is 228 g/mol.